The van der Waals surface area contributed by atoms with Gasteiger partial charge in [0.2, 0.25) is 0 Å². The third kappa shape index (κ3) is 2.27. The fourth-order valence-electron chi connectivity index (χ4n) is 2.17. The van der Waals surface area contributed by atoms with Crippen molar-refractivity contribution in [3.8, 4) is 0 Å². The van der Waals surface area contributed by atoms with Gasteiger partial charge in [0.05, 0.1) is 5.02 Å². The summed E-state index contributed by atoms with van der Waals surface area (Å²) in [6.45, 7) is 0. The molecule has 1 saturated carbocycles. The summed E-state index contributed by atoms with van der Waals surface area (Å²) in [4.78, 5) is 14.7. The molecule has 1 aliphatic rings. The molecule has 3 nitrogen and oxygen atoms in total. The molecule has 1 aromatic carbocycles. The van der Waals surface area contributed by atoms with Gasteiger partial charge in [-0.25, -0.2) is 0 Å². The predicted octanol–water partition coefficient (Wildman–Crippen LogP) is 2.95. The van der Waals surface area contributed by atoms with Crippen molar-refractivity contribution in [1.29, 1.82) is 0 Å². The second kappa shape index (κ2) is 4.50. The lowest BCUT2D eigenvalue weighted by atomic mass is 10.1. The van der Waals surface area contributed by atoms with Crippen molar-refractivity contribution in [2.24, 2.45) is 0 Å². The van der Waals surface area contributed by atoms with Crippen molar-refractivity contribution in [3.05, 3.63) is 58.9 Å². The highest BCUT2D eigenvalue weighted by Gasteiger charge is 2.39. The molecule has 0 spiro atoms. The van der Waals surface area contributed by atoms with Gasteiger partial charge in [0, 0.05) is 18.2 Å². The van der Waals surface area contributed by atoms with Crippen LogP contribution in [0.2, 0.25) is 5.02 Å². The fourth-order valence-corrected chi connectivity index (χ4v) is 2.33. The first-order valence-corrected chi connectivity index (χ1v) is 6.31. The van der Waals surface area contributed by atoms with E-state index in [0.29, 0.717) is 16.6 Å². The van der Waals surface area contributed by atoms with Gasteiger partial charge in [0.25, 0.3) is 5.91 Å². The number of amides is 1. The quantitative estimate of drug-likeness (QED) is 0.876. The average molecular weight is 261 g/mol. The van der Waals surface area contributed by atoms with Crippen molar-refractivity contribution in [2.45, 2.75) is 18.4 Å². The monoisotopic (exact) mass is 260 g/mol. The standard InChI is InChI=1S/C14H13ClN2O/c15-10-6-13(16-8-10)14(18)17-12-7-11(12)9-4-2-1-3-5-9/h1-6,8,11-12,16H,7H2,(H,17,18). The van der Waals surface area contributed by atoms with Crippen molar-refractivity contribution in [2.75, 3.05) is 0 Å². The summed E-state index contributed by atoms with van der Waals surface area (Å²) in [5.41, 5.74) is 1.80. The lowest BCUT2D eigenvalue weighted by Crippen LogP contribution is -2.26. The molecule has 4 heteroatoms. The largest absolute Gasteiger partial charge is 0.356 e. The van der Waals surface area contributed by atoms with E-state index in [-0.39, 0.29) is 11.9 Å². The Morgan fingerprint density at radius 1 is 1.33 bits per heavy atom. The lowest BCUT2D eigenvalue weighted by molar-refractivity contribution is 0.0946. The molecule has 2 N–H and O–H groups in total. The molecule has 0 bridgehead atoms. The van der Waals surface area contributed by atoms with Crippen LogP contribution in [-0.2, 0) is 0 Å². The molecule has 2 aromatic rings. The molecule has 1 aromatic heterocycles. The Kier molecular flexibility index (Phi) is 2.84. The molecule has 1 heterocycles. The summed E-state index contributed by atoms with van der Waals surface area (Å²) < 4.78 is 0. The van der Waals surface area contributed by atoms with Crippen molar-refractivity contribution in [3.63, 3.8) is 0 Å². The van der Waals surface area contributed by atoms with Crippen molar-refractivity contribution in [1.82, 2.24) is 10.3 Å². The van der Waals surface area contributed by atoms with Gasteiger partial charge in [-0.1, -0.05) is 41.9 Å². The molecule has 1 aliphatic carbocycles. The first kappa shape index (κ1) is 11.4. The zero-order chi connectivity index (χ0) is 12.5. The second-order valence-electron chi connectivity index (χ2n) is 4.56. The van der Waals surface area contributed by atoms with E-state index in [0.717, 1.165) is 6.42 Å². The van der Waals surface area contributed by atoms with E-state index in [1.54, 1.807) is 12.3 Å². The number of aromatic nitrogens is 1. The number of H-pyrrole nitrogens is 1. The van der Waals surface area contributed by atoms with Crippen LogP contribution in [0.1, 0.15) is 28.4 Å². The Hall–Kier alpha value is -1.74. The van der Waals surface area contributed by atoms with Gasteiger partial charge in [0.15, 0.2) is 0 Å². The van der Waals surface area contributed by atoms with Crippen LogP contribution in [0.3, 0.4) is 0 Å². The number of benzene rings is 1. The molecule has 18 heavy (non-hydrogen) atoms. The van der Waals surface area contributed by atoms with Crippen LogP contribution in [0.25, 0.3) is 0 Å². The van der Waals surface area contributed by atoms with Crippen LogP contribution in [0, 0.1) is 0 Å². The third-order valence-electron chi connectivity index (χ3n) is 3.23. The van der Waals surface area contributed by atoms with Gasteiger partial charge in [0.1, 0.15) is 5.69 Å². The zero-order valence-electron chi connectivity index (χ0n) is 9.69. The van der Waals surface area contributed by atoms with Crippen LogP contribution in [0.5, 0.6) is 0 Å². The maximum absolute atomic E-state index is 11.9. The average Bonchev–Trinajstić information content (AvgIpc) is 3.01. The number of rotatable bonds is 3. The van der Waals surface area contributed by atoms with E-state index in [9.17, 15) is 4.79 Å². The minimum atomic E-state index is -0.0923. The minimum Gasteiger partial charge on any atom is -0.356 e. The summed E-state index contributed by atoms with van der Waals surface area (Å²) >= 11 is 5.77. The molecule has 92 valence electrons. The highest BCUT2D eigenvalue weighted by Crippen LogP contribution is 2.40. The van der Waals surface area contributed by atoms with Crippen LogP contribution >= 0.6 is 11.6 Å². The number of aromatic amines is 1. The zero-order valence-corrected chi connectivity index (χ0v) is 10.4. The number of halogens is 1. The van der Waals surface area contributed by atoms with Crippen molar-refractivity contribution >= 4 is 17.5 Å². The topological polar surface area (TPSA) is 44.9 Å². The number of carbonyl (C=O) groups is 1. The summed E-state index contributed by atoms with van der Waals surface area (Å²) in [6.07, 6.45) is 2.61. The summed E-state index contributed by atoms with van der Waals surface area (Å²) in [6, 6.07) is 12.1. The van der Waals surface area contributed by atoms with E-state index in [4.69, 9.17) is 11.6 Å². The first-order valence-electron chi connectivity index (χ1n) is 5.94. The molecule has 3 rings (SSSR count). The Balaban J connectivity index is 1.62. The Morgan fingerprint density at radius 2 is 2.11 bits per heavy atom. The maximum Gasteiger partial charge on any atom is 0.267 e. The van der Waals surface area contributed by atoms with Crippen molar-refractivity contribution < 1.29 is 4.79 Å². The molecule has 1 amide bonds. The predicted molar refractivity (Wildman–Crippen MR) is 70.9 cm³/mol. The van der Waals surface area contributed by atoms with E-state index in [1.807, 2.05) is 18.2 Å². The fraction of sp³-hybridized carbons (Fsp3) is 0.214. The number of nitrogens with one attached hydrogen (secondary N) is 2. The highest BCUT2D eigenvalue weighted by molar-refractivity contribution is 6.30. The molecule has 0 saturated heterocycles. The summed E-state index contributed by atoms with van der Waals surface area (Å²) in [5.74, 6) is 0.353. The first-order chi connectivity index (χ1) is 8.74. The highest BCUT2D eigenvalue weighted by atomic mass is 35.5. The normalized spacial score (nSPS) is 21.6. The van der Waals surface area contributed by atoms with Gasteiger partial charge in [-0.2, -0.15) is 0 Å². The number of hydrogen-bond donors (Lipinski definition) is 2. The lowest BCUT2D eigenvalue weighted by Gasteiger charge is -2.03. The molecule has 1 fully saturated rings. The molecular formula is C14H13ClN2O. The van der Waals surface area contributed by atoms with Gasteiger partial charge < -0.3 is 10.3 Å². The Morgan fingerprint density at radius 3 is 2.78 bits per heavy atom. The van der Waals surface area contributed by atoms with Gasteiger partial charge >= 0.3 is 0 Å². The second-order valence-corrected chi connectivity index (χ2v) is 5.00. The SMILES string of the molecule is O=C(NC1CC1c1ccccc1)c1cc(Cl)c[nH]1. The van der Waals surface area contributed by atoms with Gasteiger partial charge in [-0.05, 0) is 18.1 Å². The smallest absolute Gasteiger partial charge is 0.267 e. The summed E-state index contributed by atoms with van der Waals surface area (Å²) in [5, 5.41) is 3.55. The number of carbonyl (C=O) groups excluding carboxylic acids is 1. The van der Waals surface area contributed by atoms with E-state index in [2.05, 4.69) is 22.4 Å². The molecule has 2 unspecified atom stereocenters. The van der Waals surface area contributed by atoms with E-state index < -0.39 is 0 Å². The number of hydrogen-bond acceptors (Lipinski definition) is 1. The minimum absolute atomic E-state index is 0.0923. The molecule has 0 aliphatic heterocycles. The Bertz CT molecular complexity index is 564. The van der Waals surface area contributed by atoms with Gasteiger partial charge in [-0.3, -0.25) is 4.79 Å². The van der Waals surface area contributed by atoms with Gasteiger partial charge in [-0.15, -0.1) is 0 Å². The third-order valence-corrected chi connectivity index (χ3v) is 3.45. The molecular weight excluding hydrogens is 248 g/mol. The molecule has 0 radical (unpaired) electrons. The molecule has 2 atom stereocenters. The van der Waals surface area contributed by atoms with Crippen LogP contribution in [-0.4, -0.2) is 16.9 Å². The van der Waals surface area contributed by atoms with Crippen LogP contribution in [0.4, 0.5) is 0 Å². The Labute approximate surface area is 110 Å². The van der Waals surface area contributed by atoms with E-state index >= 15 is 0 Å². The van der Waals surface area contributed by atoms with Crippen LogP contribution in [0.15, 0.2) is 42.6 Å². The summed E-state index contributed by atoms with van der Waals surface area (Å²) in [7, 11) is 0. The van der Waals surface area contributed by atoms with E-state index in [1.165, 1.54) is 5.56 Å². The maximum atomic E-state index is 11.9. The van der Waals surface area contributed by atoms with Crippen LogP contribution < -0.4 is 5.32 Å².